The van der Waals surface area contributed by atoms with E-state index in [1.165, 1.54) is 0 Å². The molecule has 1 heteroatoms. The van der Waals surface area contributed by atoms with Crippen LogP contribution in [0.2, 0.25) is 0 Å². The summed E-state index contributed by atoms with van der Waals surface area (Å²) in [5, 5.41) is 0. The molecule has 0 aliphatic rings. The zero-order valence-corrected chi connectivity index (χ0v) is 9.61. The molecule has 1 rings (SSSR count). The molecule has 0 fully saturated rings. The Morgan fingerprint density at radius 1 is 1.53 bits per heavy atom. The summed E-state index contributed by atoms with van der Waals surface area (Å²) in [6, 6.07) is 5.96. The van der Waals surface area contributed by atoms with Gasteiger partial charge in [-0.05, 0) is 43.4 Å². The molecule has 80 valence electrons. The highest BCUT2D eigenvalue weighted by Crippen LogP contribution is 2.23. The predicted octanol–water partition coefficient (Wildman–Crippen LogP) is 4.09. The third-order valence-corrected chi connectivity index (χ3v) is 2.59. The van der Waals surface area contributed by atoms with Gasteiger partial charge in [-0.25, -0.2) is 0 Å². The van der Waals surface area contributed by atoms with Crippen molar-refractivity contribution in [1.29, 1.82) is 0 Å². The van der Waals surface area contributed by atoms with Crippen LogP contribution < -0.4 is 0 Å². The Labute approximate surface area is 92.6 Å². The predicted molar refractivity (Wildman–Crippen MR) is 66.5 cm³/mol. The standard InChI is InChI=1S/C14H19N/c1-4-5-6-9-12(2)13(3)14-10-7-8-11-15-14/h4-5,7-8,10-12H,3,6,9H2,1-2H3/b5-4-. The number of hydrogen-bond acceptors (Lipinski definition) is 1. The number of hydrogen-bond donors (Lipinski definition) is 0. The van der Waals surface area contributed by atoms with Gasteiger partial charge >= 0.3 is 0 Å². The first-order chi connectivity index (χ1) is 7.25. The van der Waals surface area contributed by atoms with E-state index >= 15 is 0 Å². The van der Waals surface area contributed by atoms with Crippen molar-refractivity contribution in [1.82, 2.24) is 4.98 Å². The maximum absolute atomic E-state index is 4.31. The lowest BCUT2D eigenvalue weighted by molar-refractivity contribution is 0.673. The molecule has 0 spiro atoms. The van der Waals surface area contributed by atoms with E-state index in [1.807, 2.05) is 24.4 Å². The van der Waals surface area contributed by atoms with Crippen LogP contribution in [-0.2, 0) is 0 Å². The van der Waals surface area contributed by atoms with Crippen molar-refractivity contribution in [3.05, 3.63) is 48.8 Å². The van der Waals surface area contributed by atoms with Crippen molar-refractivity contribution in [2.75, 3.05) is 0 Å². The third kappa shape index (κ3) is 3.70. The molecule has 1 aromatic rings. The summed E-state index contributed by atoms with van der Waals surface area (Å²) in [7, 11) is 0. The zero-order chi connectivity index (χ0) is 11.1. The Morgan fingerprint density at radius 3 is 2.93 bits per heavy atom. The van der Waals surface area contributed by atoms with Gasteiger partial charge in [0.1, 0.15) is 0 Å². The zero-order valence-electron chi connectivity index (χ0n) is 9.61. The first kappa shape index (κ1) is 11.7. The molecular weight excluding hydrogens is 182 g/mol. The second-order valence-electron chi connectivity index (χ2n) is 3.79. The van der Waals surface area contributed by atoms with E-state index in [0.717, 1.165) is 24.1 Å². The maximum Gasteiger partial charge on any atom is 0.0658 e. The van der Waals surface area contributed by atoms with Crippen molar-refractivity contribution in [2.45, 2.75) is 26.7 Å². The second kappa shape index (κ2) is 6.18. The van der Waals surface area contributed by atoms with Crippen LogP contribution in [0.15, 0.2) is 43.1 Å². The summed E-state index contributed by atoms with van der Waals surface area (Å²) in [6.45, 7) is 8.38. The van der Waals surface area contributed by atoms with Gasteiger partial charge in [-0.1, -0.05) is 31.7 Å². The normalized spacial score (nSPS) is 12.9. The molecule has 0 saturated carbocycles. The smallest absolute Gasteiger partial charge is 0.0658 e. The van der Waals surface area contributed by atoms with Crippen LogP contribution in [0.25, 0.3) is 5.57 Å². The molecule has 0 aromatic carbocycles. The third-order valence-electron chi connectivity index (χ3n) is 2.59. The molecule has 0 saturated heterocycles. The van der Waals surface area contributed by atoms with Crippen LogP contribution in [0.5, 0.6) is 0 Å². The molecule has 0 aliphatic heterocycles. The van der Waals surface area contributed by atoms with Gasteiger partial charge in [0.15, 0.2) is 0 Å². The van der Waals surface area contributed by atoms with Gasteiger partial charge in [-0.3, -0.25) is 4.98 Å². The van der Waals surface area contributed by atoms with Gasteiger partial charge in [-0.15, -0.1) is 0 Å². The fourth-order valence-corrected chi connectivity index (χ4v) is 1.49. The van der Waals surface area contributed by atoms with Crippen molar-refractivity contribution in [3.8, 4) is 0 Å². The number of allylic oxidation sites excluding steroid dienone is 3. The van der Waals surface area contributed by atoms with E-state index in [0.29, 0.717) is 5.92 Å². The Balaban J connectivity index is 2.53. The fraction of sp³-hybridized carbons (Fsp3) is 0.357. The second-order valence-corrected chi connectivity index (χ2v) is 3.79. The summed E-state index contributed by atoms with van der Waals surface area (Å²) >= 11 is 0. The molecule has 15 heavy (non-hydrogen) atoms. The molecule has 0 amide bonds. The van der Waals surface area contributed by atoms with Crippen molar-refractivity contribution >= 4 is 5.57 Å². The lowest BCUT2D eigenvalue weighted by Gasteiger charge is -2.12. The largest absolute Gasteiger partial charge is 0.257 e. The summed E-state index contributed by atoms with van der Waals surface area (Å²) in [5.41, 5.74) is 2.16. The molecule has 1 atom stereocenters. The van der Waals surface area contributed by atoms with Gasteiger partial charge in [0.05, 0.1) is 5.69 Å². The molecule has 0 aliphatic carbocycles. The minimum Gasteiger partial charge on any atom is -0.257 e. The minimum absolute atomic E-state index is 0.496. The maximum atomic E-state index is 4.31. The first-order valence-corrected chi connectivity index (χ1v) is 5.47. The van der Waals surface area contributed by atoms with Crippen LogP contribution in [0.3, 0.4) is 0 Å². The average Bonchev–Trinajstić information content (AvgIpc) is 2.29. The number of pyridine rings is 1. The van der Waals surface area contributed by atoms with Crippen molar-refractivity contribution < 1.29 is 0 Å². The summed E-state index contributed by atoms with van der Waals surface area (Å²) in [4.78, 5) is 4.31. The quantitative estimate of drug-likeness (QED) is 0.654. The monoisotopic (exact) mass is 201 g/mol. The van der Waals surface area contributed by atoms with Crippen molar-refractivity contribution in [3.63, 3.8) is 0 Å². The molecule has 0 radical (unpaired) electrons. The Bertz CT molecular complexity index is 324. The van der Waals surface area contributed by atoms with E-state index in [2.05, 4.69) is 37.6 Å². The van der Waals surface area contributed by atoms with Crippen LogP contribution in [0.1, 0.15) is 32.4 Å². The van der Waals surface area contributed by atoms with E-state index < -0.39 is 0 Å². The molecule has 0 bridgehead atoms. The van der Waals surface area contributed by atoms with Crippen LogP contribution in [-0.4, -0.2) is 4.98 Å². The van der Waals surface area contributed by atoms with E-state index in [1.54, 1.807) is 0 Å². The molecule has 1 aromatic heterocycles. The van der Waals surface area contributed by atoms with E-state index in [-0.39, 0.29) is 0 Å². The molecule has 1 unspecified atom stereocenters. The van der Waals surface area contributed by atoms with Crippen LogP contribution in [0.4, 0.5) is 0 Å². The van der Waals surface area contributed by atoms with Gasteiger partial charge < -0.3 is 0 Å². The van der Waals surface area contributed by atoms with Crippen molar-refractivity contribution in [2.24, 2.45) is 5.92 Å². The fourth-order valence-electron chi connectivity index (χ4n) is 1.49. The Kier molecular flexibility index (Phi) is 4.82. The van der Waals surface area contributed by atoms with Gasteiger partial charge in [-0.2, -0.15) is 0 Å². The highest BCUT2D eigenvalue weighted by molar-refractivity contribution is 5.61. The SMILES string of the molecule is C=C(c1ccccn1)C(C)CC/C=C\C. The summed E-state index contributed by atoms with van der Waals surface area (Å²) < 4.78 is 0. The minimum atomic E-state index is 0.496. The van der Waals surface area contributed by atoms with Gasteiger partial charge in [0.2, 0.25) is 0 Å². The van der Waals surface area contributed by atoms with Crippen LogP contribution in [0, 0.1) is 5.92 Å². The highest BCUT2D eigenvalue weighted by Gasteiger charge is 2.08. The van der Waals surface area contributed by atoms with Crippen LogP contribution >= 0.6 is 0 Å². The number of rotatable bonds is 5. The molecule has 0 N–H and O–H groups in total. The Morgan fingerprint density at radius 2 is 2.33 bits per heavy atom. The van der Waals surface area contributed by atoms with E-state index in [4.69, 9.17) is 0 Å². The topological polar surface area (TPSA) is 12.9 Å². The van der Waals surface area contributed by atoms with Gasteiger partial charge in [0.25, 0.3) is 0 Å². The lowest BCUT2D eigenvalue weighted by atomic mass is 9.94. The van der Waals surface area contributed by atoms with Gasteiger partial charge in [0, 0.05) is 6.20 Å². The average molecular weight is 201 g/mol. The number of nitrogens with zero attached hydrogens (tertiary/aromatic N) is 1. The number of aromatic nitrogens is 1. The lowest BCUT2D eigenvalue weighted by Crippen LogP contribution is -1.99. The van der Waals surface area contributed by atoms with E-state index in [9.17, 15) is 0 Å². The Hall–Kier alpha value is -1.37. The molecule has 1 nitrogen and oxygen atoms in total. The highest BCUT2D eigenvalue weighted by atomic mass is 14.7. The summed E-state index contributed by atoms with van der Waals surface area (Å²) in [6.07, 6.45) is 8.36. The summed E-state index contributed by atoms with van der Waals surface area (Å²) in [5.74, 6) is 0.496. The molecular formula is C14H19N. The first-order valence-electron chi connectivity index (χ1n) is 5.47. The molecule has 1 heterocycles.